The van der Waals surface area contributed by atoms with Crippen molar-refractivity contribution >= 4 is 12.0 Å². The van der Waals surface area contributed by atoms with Gasteiger partial charge in [-0.25, -0.2) is 4.79 Å². The first-order valence-corrected chi connectivity index (χ1v) is 7.24. The number of carbonyl (C=O) groups excluding carboxylic acids is 1. The first-order chi connectivity index (χ1) is 9.35. The lowest BCUT2D eigenvalue weighted by molar-refractivity contribution is -0.138. The van der Waals surface area contributed by atoms with Crippen LogP contribution in [-0.2, 0) is 9.53 Å². The largest absolute Gasteiger partial charge is 0.480 e. The fraction of sp³-hybridized carbons (Fsp3) is 0.857. The third-order valence-corrected chi connectivity index (χ3v) is 3.37. The van der Waals surface area contributed by atoms with E-state index in [1.54, 1.807) is 4.90 Å². The Morgan fingerprint density at radius 3 is 2.60 bits per heavy atom. The van der Waals surface area contributed by atoms with Gasteiger partial charge >= 0.3 is 12.0 Å². The van der Waals surface area contributed by atoms with Gasteiger partial charge in [0.15, 0.2) is 0 Å². The summed E-state index contributed by atoms with van der Waals surface area (Å²) in [6.07, 6.45) is 0.800. The van der Waals surface area contributed by atoms with Crippen LogP contribution < -0.4 is 0 Å². The van der Waals surface area contributed by atoms with Crippen LogP contribution in [0.15, 0.2) is 0 Å². The Morgan fingerprint density at radius 1 is 1.45 bits per heavy atom. The maximum atomic E-state index is 12.6. The van der Waals surface area contributed by atoms with E-state index in [0.717, 1.165) is 6.42 Å². The van der Waals surface area contributed by atoms with Crippen molar-refractivity contribution in [3.63, 3.8) is 0 Å². The highest BCUT2D eigenvalue weighted by Crippen LogP contribution is 2.17. The lowest BCUT2D eigenvalue weighted by atomic mass is 10.1. The fourth-order valence-electron chi connectivity index (χ4n) is 2.41. The van der Waals surface area contributed by atoms with Gasteiger partial charge in [-0.1, -0.05) is 20.8 Å². The van der Waals surface area contributed by atoms with Gasteiger partial charge in [0, 0.05) is 13.1 Å². The Hall–Kier alpha value is -1.30. The lowest BCUT2D eigenvalue weighted by Gasteiger charge is -2.41. The van der Waals surface area contributed by atoms with Crippen molar-refractivity contribution in [1.82, 2.24) is 9.80 Å². The summed E-state index contributed by atoms with van der Waals surface area (Å²) in [5.74, 6) is -0.745. The van der Waals surface area contributed by atoms with Crippen LogP contribution in [0, 0.1) is 5.92 Å². The molecule has 0 aromatic rings. The van der Waals surface area contributed by atoms with Crippen molar-refractivity contribution in [3.8, 4) is 0 Å². The van der Waals surface area contributed by atoms with Crippen molar-refractivity contribution in [1.29, 1.82) is 0 Å². The van der Waals surface area contributed by atoms with E-state index < -0.39 is 5.97 Å². The van der Waals surface area contributed by atoms with E-state index in [9.17, 15) is 9.59 Å². The van der Waals surface area contributed by atoms with Crippen LogP contribution in [0.3, 0.4) is 0 Å². The predicted octanol–water partition coefficient (Wildman–Crippen LogP) is 1.65. The van der Waals surface area contributed by atoms with Crippen molar-refractivity contribution in [3.05, 3.63) is 0 Å². The van der Waals surface area contributed by atoms with Crippen LogP contribution in [0.1, 0.15) is 34.1 Å². The summed E-state index contributed by atoms with van der Waals surface area (Å²) in [5.41, 5.74) is 0. The van der Waals surface area contributed by atoms with E-state index in [-0.39, 0.29) is 30.6 Å². The van der Waals surface area contributed by atoms with Gasteiger partial charge in [0.2, 0.25) is 0 Å². The molecule has 1 aliphatic rings. The van der Waals surface area contributed by atoms with Crippen LogP contribution >= 0.6 is 0 Å². The molecule has 1 saturated heterocycles. The lowest BCUT2D eigenvalue weighted by Crippen LogP contribution is -2.56. The van der Waals surface area contributed by atoms with Crippen LogP contribution in [0.25, 0.3) is 0 Å². The third kappa shape index (κ3) is 4.67. The maximum absolute atomic E-state index is 12.6. The molecule has 0 spiro atoms. The van der Waals surface area contributed by atoms with E-state index in [1.807, 2.05) is 27.7 Å². The van der Waals surface area contributed by atoms with E-state index in [1.165, 1.54) is 4.90 Å². The number of hydrogen-bond donors (Lipinski definition) is 1. The molecule has 0 bridgehead atoms. The zero-order valence-electron chi connectivity index (χ0n) is 12.8. The van der Waals surface area contributed by atoms with E-state index in [0.29, 0.717) is 19.7 Å². The second-order valence-electron chi connectivity index (χ2n) is 5.81. The maximum Gasteiger partial charge on any atom is 0.323 e. The van der Waals surface area contributed by atoms with Crippen LogP contribution in [0.4, 0.5) is 4.79 Å². The quantitative estimate of drug-likeness (QED) is 0.834. The number of carboxylic acid groups (broad SMARTS) is 1. The molecule has 6 nitrogen and oxygen atoms in total. The van der Waals surface area contributed by atoms with Gasteiger partial charge in [0.05, 0.1) is 18.8 Å². The molecular formula is C14H26N2O4. The van der Waals surface area contributed by atoms with Gasteiger partial charge in [0.25, 0.3) is 0 Å². The van der Waals surface area contributed by atoms with Crippen LogP contribution in [0.2, 0.25) is 0 Å². The molecular weight excluding hydrogens is 260 g/mol. The van der Waals surface area contributed by atoms with Gasteiger partial charge in [-0.05, 0) is 19.3 Å². The van der Waals surface area contributed by atoms with Gasteiger partial charge in [0.1, 0.15) is 6.54 Å². The molecule has 0 aromatic heterocycles. The topological polar surface area (TPSA) is 70.1 Å². The smallest absolute Gasteiger partial charge is 0.323 e. The Kier molecular flexibility index (Phi) is 6.26. The molecule has 2 unspecified atom stereocenters. The first-order valence-electron chi connectivity index (χ1n) is 7.24. The minimum Gasteiger partial charge on any atom is -0.480 e. The number of rotatable bonds is 5. The third-order valence-electron chi connectivity index (χ3n) is 3.37. The minimum absolute atomic E-state index is 0.00696. The Morgan fingerprint density at radius 2 is 2.10 bits per heavy atom. The molecule has 1 heterocycles. The van der Waals surface area contributed by atoms with Crippen LogP contribution in [-0.4, -0.2) is 65.3 Å². The van der Waals surface area contributed by atoms with Gasteiger partial charge in [-0.15, -0.1) is 0 Å². The molecule has 6 heteroatoms. The zero-order valence-corrected chi connectivity index (χ0v) is 12.8. The number of hydrogen-bond acceptors (Lipinski definition) is 3. The Bertz CT molecular complexity index is 346. The predicted molar refractivity (Wildman–Crippen MR) is 75.6 cm³/mol. The molecule has 1 fully saturated rings. The van der Waals surface area contributed by atoms with Crippen molar-refractivity contribution in [2.24, 2.45) is 5.92 Å². The molecule has 116 valence electrons. The number of carboxylic acids is 1. The summed E-state index contributed by atoms with van der Waals surface area (Å²) in [6, 6.07) is -0.162. The molecule has 2 amide bonds. The molecule has 0 aromatic carbocycles. The fourth-order valence-corrected chi connectivity index (χ4v) is 2.41. The van der Waals surface area contributed by atoms with Crippen molar-refractivity contribution < 1.29 is 19.4 Å². The summed E-state index contributed by atoms with van der Waals surface area (Å²) < 4.78 is 5.57. The second-order valence-corrected chi connectivity index (χ2v) is 5.81. The van der Waals surface area contributed by atoms with Crippen molar-refractivity contribution in [2.45, 2.75) is 46.3 Å². The van der Waals surface area contributed by atoms with E-state index >= 15 is 0 Å². The van der Waals surface area contributed by atoms with Crippen LogP contribution in [0.5, 0.6) is 0 Å². The molecule has 0 radical (unpaired) electrons. The number of aliphatic carboxylic acids is 1. The van der Waals surface area contributed by atoms with E-state index in [4.69, 9.17) is 9.84 Å². The number of ether oxygens (including phenoxy) is 1. The molecule has 20 heavy (non-hydrogen) atoms. The average molecular weight is 286 g/mol. The monoisotopic (exact) mass is 286 g/mol. The number of nitrogens with zero attached hydrogens (tertiary/aromatic N) is 2. The van der Waals surface area contributed by atoms with Gasteiger partial charge < -0.3 is 19.6 Å². The molecule has 0 aliphatic carbocycles. The molecule has 1 aliphatic heterocycles. The SMILES string of the molecule is CCC1COC(C)CN1C(=O)N(CC(=O)O)CC(C)C. The first kappa shape index (κ1) is 16.8. The molecule has 1 rings (SSSR count). The molecule has 1 N–H and O–H groups in total. The second kappa shape index (κ2) is 7.47. The number of amides is 2. The van der Waals surface area contributed by atoms with Crippen molar-refractivity contribution in [2.75, 3.05) is 26.2 Å². The zero-order chi connectivity index (χ0) is 15.3. The minimum atomic E-state index is -0.978. The number of carbonyl (C=O) groups is 2. The van der Waals surface area contributed by atoms with Gasteiger partial charge in [-0.3, -0.25) is 4.79 Å². The summed E-state index contributed by atoms with van der Waals surface area (Å²) in [7, 11) is 0. The molecule has 2 atom stereocenters. The summed E-state index contributed by atoms with van der Waals surface area (Å²) in [4.78, 5) is 26.8. The summed E-state index contributed by atoms with van der Waals surface area (Å²) in [5, 5.41) is 8.98. The highest BCUT2D eigenvalue weighted by atomic mass is 16.5. The molecule has 0 saturated carbocycles. The normalized spacial score (nSPS) is 22.9. The highest BCUT2D eigenvalue weighted by molar-refractivity contribution is 5.80. The summed E-state index contributed by atoms with van der Waals surface area (Å²) in [6.45, 7) is 9.12. The van der Waals surface area contributed by atoms with Gasteiger partial charge in [-0.2, -0.15) is 0 Å². The average Bonchev–Trinajstić information content (AvgIpc) is 2.36. The Labute approximate surface area is 120 Å². The number of morpholine rings is 1. The summed E-state index contributed by atoms with van der Waals surface area (Å²) >= 11 is 0. The Balaban J connectivity index is 2.81. The van der Waals surface area contributed by atoms with E-state index in [2.05, 4.69) is 0 Å². The standard InChI is InChI=1S/C14H26N2O4/c1-5-12-9-20-11(4)7-16(12)14(19)15(6-10(2)3)8-13(17)18/h10-12H,5-9H2,1-4H3,(H,17,18). The highest BCUT2D eigenvalue weighted by Gasteiger charge is 2.33. The number of urea groups is 1.